The van der Waals surface area contributed by atoms with E-state index in [0.29, 0.717) is 38.2 Å². The van der Waals surface area contributed by atoms with Crippen molar-refractivity contribution in [3.05, 3.63) is 54.4 Å². The molecule has 0 spiro atoms. The van der Waals surface area contributed by atoms with E-state index in [-0.39, 0.29) is 10.8 Å². The molecular weight excluding hydrogens is 392 g/mol. The van der Waals surface area contributed by atoms with Gasteiger partial charge in [-0.1, -0.05) is 17.7 Å². The van der Waals surface area contributed by atoms with Crippen LogP contribution in [0.5, 0.6) is 0 Å². The SMILES string of the molecule is Cc1ccc(NC(=O)C(=O)NCC2CCN(S(=O)(=O)c3cccnc3)CC2)cc1. The molecule has 0 radical (unpaired) electrons. The summed E-state index contributed by atoms with van der Waals surface area (Å²) >= 11 is 0. The lowest BCUT2D eigenvalue weighted by Gasteiger charge is -2.31. The Kier molecular flexibility index (Phi) is 6.60. The molecule has 2 N–H and O–H groups in total. The first kappa shape index (κ1) is 20.9. The molecule has 9 heteroatoms. The third-order valence-electron chi connectivity index (χ3n) is 4.91. The second kappa shape index (κ2) is 9.15. The predicted octanol–water partition coefficient (Wildman–Crippen LogP) is 1.55. The van der Waals surface area contributed by atoms with E-state index >= 15 is 0 Å². The molecule has 0 bridgehead atoms. The van der Waals surface area contributed by atoms with Crippen LogP contribution in [0.25, 0.3) is 0 Å². The Morgan fingerprint density at radius 2 is 1.79 bits per heavy atom. The van der Waals surface area contributed by atoms with Gasteiger partial charge in [-0.15, -0.1) is 0 Å². The van der Waals surface area contributed by atoms with Gasteiger partial charge in [0.25, 0.3) is 0 Å². The first-order valence-electron chi connectivity index (χ1n) is 9.42. The van der Waals surface area contributed by atoms with Gasteiger partial charge in [0.05, 0.1) is 0 Å². The highest BCUT2D eigenvalue weighted by atomic mass is 32.2. The van der Waals surface area contributed by atoms with E-state index in [9.17, 15) is 18.0 Å². The van der Waals surface area contributed by atoms with Gasteiger partial charge in [-0.2, -0.15) is 4.31 Å². The van der Waals surface area contributed by atoms with E-state index in [1.807, 2.05) is 19.1 Å². The first-order chi connectivity index (χ1) is 13.9. The van der Waals surface area contributed by atoms with E-state index in [2.05, 4.69) is 15.6 Å². The topological polar surface area (TPSA) is 108 Å². The summed E-state index contributed by atoms with van der Waals surface area (Å²) in [5.74, 6) is -1.30. The number of hydrogen-bond donors (Lipinski definition) is 2. The Labute approximate surface area is 170 Å². The molecule has 1 fully saturated rings. The normalized spacial score (nSPS) is 15.6. The minimum Gasteiger partial charge on any atom is -0.348 e. The van der Waals surface area contributed by atoms with Crippen molar-refractivity contribution in [1.82, 2.24) is 14.6 Å². The Morgan fingerprint density at radius 1 is 1.10 bits per heavy atom. The van der Waals surface area contributed by atoms with Crippen molar-refractivity contribution in [2.24, 2.45) is 5.92 Å². The second-order valence-corrected chi connectivity index (χ2v) is 9.00. The van der Waals surface area contributed by atoms with Crippen LogP contribution in [0.2, 0.25) is 0 Å². The molecule has 1 aromatic carbocycles. The number of piperidine rings is 1. The first-order valence-corrected chi connectivity index (χ1v) is 10.9. The van der Waals surface area contributed by atoms with Crippen LogP contribution in [0, 0.1) is 12.8 Å². The highest BCUT2D eigenvalue weighted by Crippen LogP contribution is 2.23. The van der Waals surface area contributed by atoms with Crippen LogP contribution in [0.15, 0.2) is 53.7 Å². The summed E-state index contributed by atoms with van der Waals surface area (Å²) in [4.78, 5) is 28.1. The number of sulfonamides is 1. The number of carbonyl (C=O) groups is 2. The highest BCUT2D eigenvalue weighted by Gasteiger charge is 2.29. The van der Waals surface area contributed by atoms with E-state index < -0.39 is 21.8 Å². The predicted molar refractivity (Wildman–Crippen MR) is 109 cm³/mol. The fourth-order valence-electron chi connectivity index (χ4n) is 3.14. The van der Waals surface area contributed by atoms with Crippen LogP contribution < -0.4 is 10.6 Å². The van der Waals surface area contributed by atoms with Crippen LogP contribution in [-0.2, 0) is 19.6 Å². The summed E-state index contributed by atoms with van der Waals surface area (Å²) in [5, 5.41) is 5.20. The Hall–Kier alpha value is -2.78. The molecule has 8 nitrogen and oxygen atoms in total. The smallest absolute Gasteiger partial charge is 0.313 e. The van der Waals surface area contributed by atoms with Gasteiger partial charge in [0.2, 0.25) is 10.0 Å². The molecule has 2 amide bonds. The number of carbonyl (C=O) groups excluding carboxylic acids is 2. The summed E-state index contributed by atoms with van der Waals surface area (Å²) in [6.45, 7) is 3.01. The highest BCUT2D eigenvalue weighted by molar-refractivity contribution is 7.89. The molecule has 0 atom stereocenters. The van der Waals surface area contributed by atoms with Crippen molar-refractivity contribution in [3.63, 3.8) is 0 Å². The van der Waals surface area contributed by atoms with Crippen LogP contribution in [0.1, 0.15) is 18.4 Å². The molecule has 0 aliphatic carbocycles. The molecule has 1 aromatic heterocycles. The fourth-order valence-corrected chi connectivity index (χ4v) is 4.58. The zero-order chi connectivity index (χ0) is 20.9. The van der Waals surface area contributed by atoms with Gasteiger partial charge in [0.15, 0.2) is 0 Å². The lowest BCUT2D eigenvalue weighted by Crippen LogP contribution is -2.43. The third kappa shape index (κ3) is 5.39. The van der Waals surface area contributed by atoms with Crippen LogP contribution >= 0.6 is 0 Å². The average molecular weight is 417 g/mol. The number of aryl methyl sites for hydroxylation is 1. The number of nitrogens with zero attached hydrogens (tertiary/aromatic N) is 2. The van der Waals surface area contributed by atoms with E-state index in [1.165, 1.54) is 22.8 Å². The Bertz CT molecular complexity index is 954. The number of rotatable bonds is 5. The molecule has 2 aromatic rings. The monoisotopic (exact) mass is 416 g/mol. The van der Waals surface area contributed by atoms with Crippen molar-refractivity contribution in [2.75, 3.05) is 25.0 Å². The molecule has 1 saturated heterocycles. The molecule has 0 unspecified atom stereocenters. The van der Waals surface area contributed by atoms with Crippen molar-refractivity contribution >= 4 is 27.5 Å². The quantitative estimate of drug-likeness (QED) is 0.719. The molecule has 29 heavy (non-hydrogen) atoms. The third-order valence-corrected chi connectivity index (χ3v) is 6.79. The van der Waals surface area contributed by atoms with Crippen molar-refractivity contribution in [2.45, 2.75) is 24.7 Å². The second-order valence-electron chi connectivity index (χ2n) is 7.07. The van der Waals surface area contributed by atoms with Crippen LogP contribution in [0.3, 0.4) is 0 Å². The van der Waals surface area contributed by atoms with E-state index in [1.54, 1.807) is 18.2 Å². The van der Waals surface area contributed by atoms with Gasteiger partial charge in [-0.25, -0.2) is 8.42 Å². The van der Waals surface area contributed by atoms with Gasteiger partial charge in [0, 0.05) is 37.7 Å². The van der Waals surface area contributed by atoms with E-state index in [4.69, 9.17) is 0 Å². The summed E-state index contributed by atoms with van der Waals surface area (Å²) < 4.78 is 26.7. The average Bonchev–Trinajstić information content (AvgIpc) is 2.74. The van der Waals surface area contributed by atoms with Gasteiger partial charge in [-0.3, -0.25) is 14.6 Å². The maximum Gasteiger partial charge on any atom is 0.313 e. The summed E-state index contributed by atoms with van der Waals surface area (Å²) in [6.07, 6.45) is 4.09. The van der Waals surface area contributed by atoms with Crippen LogP contribution in [0.4, 0.5) is 5.69 Å². The summed E-state index contributed by atoms with van der Waals surface area (Å²) in [5.41, 5.74) is 1.62. The molecule has 1 aliphatic heterocycles. The van der Waals surface area contributed by atoms with Crippen molar-refractivity contribution < 1.29 is 18.0 Å². The fraction of sp³-hybridized carbons (Fsp3) is 0.350. The molecule has 3 rings (SSSR count). The molecule has 0 saturated carbocycles. The maximum absolute atomic E-state index is 12.6. The zero-order valence-electron chi connectivity index (χ0n) is 16.2. The number of pyridine rings is 1. The zero-order valence-corrected chi connectivity index (χ0v) is 17.0. The Morgan fingerprint density at radius 3 is 2.41 bits per heavy atom. The molecule has 2 heterocycles. The van der Waals surface area contributed by atoms with Gasteiger partial charge in [0.1, 0.15) is 4.90 Å². The largest absolute Gasteiger partial charge is 0.348 e. The van der Waals surface area contributed by atoms with Gasteiger partial charge < -0.3 is 10.6 Å². The Balaban J connectivity index is 1.45. The number of hydrogen-bond acceptors (Lipinski definition) is 5. The van der Waals surface area contributed by atoms with Crippen LogP contribution in [-0.4, -0.2) is 49.2 Å². The molecule has 1 aliphatic rings. The number of anilines is 1. The number of benzene rings is 1. The summed E-state index contributed by atoms with van der Waals surface area (Å²) in [7, 11) is -3.55. The number of aromatic nitrogens is 1. The lowest BCUT2D eigenvalue weighted by atomic mass is 9.98. The lowest BCUT2D eigenvalue weighted by molar-refractivity contribution is -0.136. The standard InChI is InChI=1S/C20H24N4O4S/c1-15-4-6-17(7-5-15)23-20(26)19(25)22-13-16-8-11-24(12-9-16)29(27,28)18-3-2-10-21-14-18/h2-7,10,14,16H,8-9,11-13H2,1H3,(H,22,25)(H,23,26). The maximum atomic E-state index is 12.6. The van der Waals surface area contributed by atoms with Gasteiger partial charge in [-0.05, 0) is 49.9 Å². The number of nitrogens with one attached hydrogen (secondary N) is 2. The minimum atomic E-state index is -3.55. The summed E-state index contributed by atoms with van der Waals surface area (Å²) in [6, 6.07) is 10.3. The van der Waals surface area contributed by atoms with Crippen molar-refractivity contribution in [1.29, 1.82) is 0 Å². The number of amides is 2. The molecule has 154 valence electrons. The van der Waals surface area contributed by atoms with Crippen molar-refractivity contribution in [3.8, 4) is 0 Å². The minimum absolute atomic E-state index is 0.117. The van der Waals surface area contributed by atoms with Gasteiger partial charge >= 0.3 is 11.8 Å². The molecular formula is C20H24N4O4S. The van der Waals surface area contributed by atoms with E-state index in [0.717, 1.165) is 5.56 Å².